The first-order chi connectivity index (χ1) is 11.2. The number of carbonyl (C=O) groups is 2. The molecule has 1 aliphatic heterocycles. The number of nitrogens with one attached hydrogen (secondary N) is 2. The van der Waals surface area contributed by atoms with Crippen LogP contribution in [0.15, 0.2) is 18.2 Å². The maximum Gasteiger partial charge on any atom is 0.227 e. The van der Waals surface area contributed by atoms with Crippen LogP contribution in [0.3, 0.4) is 0 Å². The van der Waals surface area contributed by atoms with Gasteiger partial charge in [0.15, 0.2) is 0 Å². The minimum atomic E-state index is -0.0218. The van der Waals surface area contributed by atoms with E-state index in [9.17, 15) is 9.59 Å². The minimum absolute atomic E-state index is 0.0218. The van der Waals surface area contributed by atoms with Crippen molar-refractivity contribution in [2.24, 2.45) is 5.92 Å². The Morgan fingerprint density at radius 1 is 1.26 bits per heavy atom. The van der Waals surface area contributed by atoms with E-state index in [0.717, 1.165) is 30.5 Å². The Balaban J connectivity index is 1.52. The average molecular weight is 316 g/mol. The highest BCUT2D eigenvalue weighted by atomic mass is 16.5. The van der Waals surface area contributed by atoms with Crippen molar-refractivity contribution in [3.05, 3.63) is 23.8 Å². The summed E-state index contributed by atoms with van der Waals surface area (Å²) in [5, 5.41) is 5.91. The fraction of sp³-hybridized carbons (Fsp3) is 0.556. The Bertz CT molecular complexity index is 580. The number of fused-ring (bicyclic) bond motifs is 1. The van der Waals surface area contributed by atoms with Gasteiger partial charge >= 0.3 is 0 Å². The summed E-state index contributed by atoms with van der Waals surface area (Å²) < 4.78 is 5.54. The molecule has 23 heavy (non-hydrogen) atoms. The SMILES string of the molecule is O=C1CCOc2ccc(CCNC(=O)C3CCCCC3)cc2N1. The molecule has 2 N–H and O–H groups in total. The zero-order chi connectivity index (χ0) is 16.1. The zero-order valence-electron chi connectivity index (χ0n) is 13.4. The van der Waals surface area contributed by atoms with Crippen LogP contribution in [-0.4, -0.2) is 25.0 Å². The van der Waals surface area contributed by atoms with Crippen LogP contribution < -0.4 is 15.4 Å². The molecular weight excluding hydrogens is 292 g/mol. The fourth-order valence-electron chi connectivity index (χ4n) is 3.26. The van der Waals surface area contributed by atoms with Gasteiger partial charge in [-0.1, -0.05) is 25.3 Å². The molecule has 1 aliphatic carbocycles. The molecule has 2 aliphatic rings. The molecular formula is C18H24N2O3. The molecule has 2 amide bonds. The molecule has 0 atom stereocenters. The van der Waals surface area contributed by atoms with E-state index in [2.05, 4.69) is 10.6 Å². The normalized spacial score (nSPS) is 18.3. The molecule has 0 radical (unpaired) electrons. The first kappa shape index (κ1) is 15.8. The molecule has 1 heterocycles. The lowest BCUT2D eigenvalue weighted by molar-refractivity contribution is -0.125. The first-order valence-electron chi connectivity index (χ1n) is 8.55. The van der Waals surface area contributed by atoms with Crippen molar-refractivity contribution in [2.45, 2.75) is 44.9 Å². The van der Waals surface area contributed by atoms with E-state index >= 15 is 0 Å². The van der Waals surface area contributed by atoms with Crippen molar-refractivity contribution in [1.29, 1.82) is 0 Å². The largest absolute Gasteiger partial charge is 0.491 e. The van der Waals surface area contributed by atoms with Crippen molar-refractivity contribution in [2.75, 3.05) is 18.5 Å². The Morgan fingerprint density at radius 2 is 2.09 bits per heavy atom. The van der Waals surface area contributed by atoms with Crippen molar-refractivity contribution >= 4 is 17.5 Å². The Labute approximate surface area is 136 Å². The molecule has 0 spiro atoms. The molecule has 1 saturated carbocycles. The van der Waals surface area contributed by atoms with Gasteiger partial charge in [-0.3, -0.25) is 9.59 Å². The molecule has 1 aromatic carbocycles. The van der Waals surface area contributed by atoms with Gasteiger partial charge in [-0.05, 0) is 37.0 Å². The molecule has 0 aromatic heterocycles. The monoisotopic (exact) mass is 316 g/mol. The summed E-state index contributed by atoms with van der Waals surface area (Å²) in [6.45, 7) is 1.04. The number of amides is 2. The zero-order valence-corrected chi connectivity index (χ0v) is 13.4. The van der Waals surface area contributed by atoms with Gasteiger partial charge in [0.2, 0.25) is 11.8 Å². The van der Waals surface area contributed by atoms with Crippen LogP contribution in [-0.2, 0) is 16.0 Å². The number of hydrogen-bond donors (Lipinski definition) is 2. The van der Waals surface area contributed by atoms with E-state index in [0.29, 0.717) is 25.3 Å². The number of anilines is 1. The van der Waals surface area contributed by atoms with Gasteiger partial charge in [0.1, 0.15) is 5.75 Å². The van der Waals surface area contributed by atoms with Gasteiger partial charge in [0.05, 0.1) is 18.7 Å². The molecule has 3 rings (SSSR count). The van der Waals surface area contributed by atoms with Crippen LogP contribution in [0.1, 0.15) is 44.1 Å². The predicted molar refractivity (Wildman–Crippen MR) is 88.5 cm³/mol. The van der Waals surface area contributed by atoms with E-state index in [1.54, 1.807) is 0 Å². The molecule has 5 heteroatoms. The second-order valence-electron chi connectivity index (χ2n) is 6.35. The highest BCUT2D eigenvalue weighted by Crippen LogP contribution is 2.28. The lowest BCUT2D eigenvalue weighted by atomic mass is 9.88. The van der Waals surface area contributed by atoms with E-state index in [-0.39, 0.29) is 17.7 Å². The topological polar surface area (TPSA) is 67.4 Å². The van der Waals surface area contributed by atoms with Crippen LogP contribution in [0, 0.1) is 5.92 Å². The van der Waals surface area contributed by atoms with Gasteiger partial charge in [0, 0.05) is 12.5 Å². The second kappa shape index (κ2) is 7.49. The minimum Gasteiger partial charge on any atom is -0.491 e. The van der Waals surface area contributed by atoms with Crippen molar-refractivity contribution in [3.63, 3.8) is 0 Å². The molecule has 124 valence electrons. The Hall–Kier alpha value is -2.04. The third-order valence-electron chi connectivity index (χ3n) is 4.59. The predicted octanol–water partition coefficient (Wildman–Crippen LogP) is 2.65. The summed E-state index contributed by atoms with van der Waals surface area (Å²) in [5.41, 5.74) is 1.81. The third-order valence-corrected chi connectivity index (χ3v) is 4.59. The number of ether oxygens (including phenoxy) is 1. The Kier molecular flexibility index (Phi) is 5.16. The highest BCUT2D eigenvalue weighted by molar-refractivity contribution is 5.93. The molecule has 0 bridgehead atoms. The van der Waals surface area contributed by atoms with E-state index in [1.807, 2.05) is 18.2 Å². The molecule has 0 unspecified atom stereocenters. The Morgan fingerprint density at radius 3 is 2.91 bits per heavy atom. The third kappa shape index (κ3) is 4.24. The summed E-state index contributed by atoms with van der Waals surface area (Å²) in [6.07, 6.45) is 6.77. The first-order valence-corrected chi connectivity index (χ1v) is 8.55. The maximum absolute atomic E-state index is 12.1. The van der Waals surface area contributed by atoms with Crippen LogP contribution in [0.2, 0.25) is 0 Å². The van der Waals surface area contributed by atoms with E-state index < -0.39 is 0 Å². The number of benzene rings is 1. The summed E-state index contributed by atoms with van der Waals surface area (Å²) in [6, 6.07) is 5.81. The fourth-order valence-corrected chi connectivity index (χ4v) is 3.26. The summed E-state index contributed by atoms with van der Waals surface area (Å²) >= 11 is 0. The van der Waals surface area contributed by atoms with Gasteiger partial charge in [0.25, 0.3) is 0 Å². The second-order valence-corrected chi connectivity index (χ2v) is 6.35. The van der Waals surface area contributed by atoms with Gasteiger partial charge in [-0.15, -0.1) is 0 Å². The van der Waals surface area contributed by atoms with Crippen LogP contribution in [0.4, 0.5) is 5.69 Å². The number of carbonyl (C=O) groups excluding carboxylic acids is 2. The number of rotatable bonds is 4. The molecule has 0 saturated heterocycles. The van der Waals surface area contributed by atoms with Gasteiger partial charge in [-0.2, -0.15) is 0 Å². The quantitative estimate of drug-likeness (QED) is 0.897. The summed E-state index contributed by atoms with van der Waals surface area (Å²) in [7, 11) is 0. The van der Waals surface area contributed by atoms with E-state index in [4.69, 9.17) is 4.74 Å². The van der Waals surface area contributed by atoms with Crippen LogP contribution in [0.5, 0.6) is 5.75 Å². The lowest BCUT2D eigenvalue weighted by Gasteiger charge is -2.20. The standard InChI is InChI=1S/C18H24N2O3/c21-17-9-11-23-16-7-6-13(12-15(16)20-17)8-10-19-18(22)14-4-2-1-3-5-14/h6-7,12,14H,1-5,8-11H2,(H,19,22)(H,20,21). The van der Waals surface area contributed by atoms with Crippen molar-refractivity contribution in [3.8, 4) is 5.75 Å². The van der Waals surface area contributed by atoms with Crippen molar-refractivity contribution < 1.29 is 14.3 Å². The lowest BCUT2D eigenvalue weighted by Crippen LogP contribution is -2.33. The highest BCUT2D eigenvalue weighted by Gasteiger charge is 2.20. The molecule has 1 fully saturated rings. The average Bonchev–Trinajstić information content (AvgIpc) is 2.75. The molecule has 5 nitrogen and oxygen atoms in total. The van der Waals surface area contributed by atoms with Crippen LogP contribution in [0.25, 0.3) is 0 Å². The van der Waals surface area contributed by atoms with Gasteiger partial charge < -0.3 is 15.4 Å². The number of hydrogen-bond acceptors (Lipinski definition) is 3. The van der Waals surface area contributed by atoms with Crippen molar-refractivity contribution in [1.82, 2.24) is 5.32 Å². The van der Waals surface area contributed by atoms with Crippen LogP contribution >= 0.6 is 0 Å². The molecule has 1 aromatic rings. The summed E-state index contributed by atoms with van der Waals surface area (Å²) in [4.78, 5) is 23.7. The summed E-state index contributed by atoms with van der Waals surface area (Å²) in [5.74, 6) is 1.08. The maximum atomic E-state index is 12.1. The van der Waals surface area contributed by atoms with E-state index in [1.165, 1.54) is 19.3 Å². The smallest absolute Gasteiger partial charge is 0.227 e. The van der Waals surface area contributed by atoms with Gasteiger partial charge in [-0.25, -0.2) is 0 Å².